The number of piperazine rings is 1. The van der Waals surface area contributed by atoms with Crippen LogP contribution in [0.5, 0.6) is 0 Å². The third-order valence-corrected chi connectivity index (χ3v) is 6.05. The van der Waals surface area contributed by atoms with Crippen LogP contribution < -0.4 is 10.6 Å². The van der Waals surface area contributed by atoms with Crippen LogP contribution in [-0.2, 0) is 16.1 Å². The Kier molecular flexibility index (Phi) is 4.76. The smallest absolute Gasteiger partial charge is 0.262 e. The molecule has 8 nitrogen and oxygen atoms in total. The van der Waals surface area contributed by atoms with Crippen LogP contribution in [0, 0.1) is 0 Å². The van der Waals surface area contributed by atoms with Gasteiger partial charge >= 0.3 is 0 Å². The van der Waals surface area contributed by atoms with Crippen molar-refractivity contribution in [2.75, 3.05) is 13.1 Å². The molecule has 0 bridgehead atoms. The fourth-order valence-electron chi connectivity index (χ4n) is 4.20. The van der Waals surface area contributed by atoms with Crippen LogP contribution in [0.1, 0.15) is 53.0 Å². The minimum Gasteiger partial charge on any atom is -0.311 e. The number of hydrogen-bond donors (Lipinski definition) is 2. The molecule has 2 N–H and O–H groups in total. The van der Waals surface area contributed by atoms with E-state index in [1.54, 1.807) is 12.1 Å². The molecule has 8 heteroatoms. The lowest BCUT2D eigenvalue weighted by Gasteiger charge is -2.38. The molecule has 0 aromatic heterocycles. The first-order chi connectivity index (χ1) is 13.4. The number of amides is 4. The number of nitrogens with one attached hydrogen (secondary N) is 2. The van der Waals surface area contributed by atoms with Crippen molar-refractivity contribution in [2.45, 2.75) is 51.4 Å². The standard InChI is InChI=1S/C20H24N4O4/c1-11-12(2)23(8-7-21-11)10-13-3-4-14-15(9-13)20(28)24(19(14)27)16-5-6-17(25)22-18(16)26/h3-4,9,11-12,16,21H,5-8,10H2,1-2H3,(H,22,25,26). The fourth-order valence-corrected chi connectivity index (χ4v) is 4.20. The van der Waals surface area contributed by atoms with Gasteiger partial charge in [0.25, 0.3) is 11.8 Å². The highest BCUT2D eigenvalue weighted by Gasteiger charge is 2.44. The zero-order chi connectivity index (χ0) is 20.0. The summed E-state index contributed by atoms with van der Waals surface area (Å²) in [4.78, 5) is 52.5. The van der Waals surface area contributed by atoms with Gasteiger partial charge in [-0.05, 0) is 38.0 Å². The van der Waals surface area contributed by atoms with Gasteiger partial charge in [-0.3, -0.25) is 34.3 Å². The van der Waals surface area contributed by atoms with Gasteiger partial charge in [-0.25, -0.2) is 0 Å². The molecule has 3 heterocycles. The van der Waals surface area contributed by atoms with Crippen LogP contribution in [0.25, 0.3) is 0 Å². The van der Waals surface area contributed by atoms with Crippen molar-refractivity contribution in [3.8, 4) is 0 Å². The zero-order valence-corrected chi connectivity index (χ0v) is 16.0. The van der Waals surface area contributed by atoms with Gasteiger partial charge in [0.15, 0.2) is 0 Å². The molecule has 148 valence electrons. The summed E-state index contributed by atoms with van der Waals surface area (Å²) in [6.07, 6.45) is 0.285. The second-order valence-corrected chi connectivity index (χ2v) is 7.78. The van der Waals surface area contributed by atoms with Crippen LogP contribution in [0.3, 0.4) is 0 Å². The first kappa shape index (κ1) is 18.8. The Bertz CT molecular complexity index is 868. The maximum absolute atomic E-state index is 12.9. The molecule has 0 radical (unpaired) electrons. The Morgan fingerprint density at radius 3 is 2.57 bits per heavy atom. The minimum absolute atomic E-state index is 0.119. The molecule has 3 aliphatic heterocycles. The van der Waals surface area contributed by atoms with Crippen LogP contribution in [0.15, 0.2) is 18.2 Å². The highest BCUT2D eigenvalue weighted by molar-refractivity contribution is 6.23. The average molecular weight is 384 g/mol. The predicted molar refractivity (Wildman–Crippen MR) is 100 cm³/mol. The molecule has 3 unspecified atom stereocenters. The number of benzene rings is 1. The average Bonchev–Trinajstić information content (AvgIpc) is 2.90. The minimum atomic E-state index is -0.928. The van der Waals surface area contributed by atoms with E-state index >= 15 is 0 Å². The summed E-state index contributed by atoms with van der Waals surface area (Å²) in [6, 6.07) is 5.13. The lowest BCUT2D eigenvalue weighted by Crippen LogP contribution is -2.54. The number of fused-ring (bicyclic) bond motifs is 1. The molecule has 2 saturated heterocycles. The second-order valence-electron chi connectivity index (χ2n) is 7.78. The molecule has 2 fully saturated rings. The molecule has 0 saturated carbocycles. The zero-order valence-electron chi connectivity index (χ0n) is 16.0. The van der Waals surface area contributed by atoms with Crippen LogP contribution >= 0.6 is 0 Å². The van der Waals surface area contributed by atoms with E-state index in [1.165, 1.54) is 0 Å². The van der Waals surface area contributed by atoms with Crippen molar-refractivity contribution in [1.29, 1.82) is 0 Å². The summed E-state index contributed by atoms with van der Waals surface area (Å²) in [5.74, 6) is -1.89. The van der Waals surface area contributed by atoms with Crippen molar-refractivity contribution in [3.05, 3.63) is 34.9 Å². The monoisotopic (exact) mass is 384 g/mol. The third kappa shape index (κ3) is 3.12. The van der Waals surface area contributed by atoms with Gasteiger partial charge in [-0.15, -0.1) is 0 Å². The summed E-state index contributed by atoms with van der Waals surface area (Å²) in [5, 5.41) is 5.65. The lowest BCUT2D eigenvalue weighted by molar-refractivity contribution is -0.136. The van der Waals surface area contributed by atoms with Crippen LogP contribution in [0.4, 0.5) is 0 Å². The lowest BCUT2D eigenvalue weighted by atomic mass is 10.0. The van der Waals surface area contributed by atoms with E-state index in [-0.39, 0.29) is 18.7 Å². The van der Waals surface area contributed by atoms with Crippen LogP contribution in [-0.4, -0.2) is 64.6 Å². The van der Waals surface area contributed by atoms with E-state index in [9.17, 15) is 19.2 Å². The van der Waals surface area contributed by atoms with E-state index in [0.29, 0.717) is 29.8 Å². The predicted octanol–water partition coefficient (Wildman–Crippen LogP) is 0.270. The summed E-state index contributed by atoms with van der Waals surface area (Å²) < 4.78 is 0. The van der Waals surface area contributed by atoms with E-state index in [1.807, 2.05) is 6.07 Å². The number of rotatable bonds is 3. The molecule has 28 heavy (non-hydrogen) atoms. The molecule has 3 atom stereocenters. The summed E-state index contributed by atoms with van der Waals surface area (Å²) in [5.41, 5.74) is 1.62. The van der Waals surface area contributed by atoms with Crippen molar-refractivity contribution in [1.82, 2.24) is 20.4 Å². The van der Waals surface area contributed by atoms with Gasteiger partial charge in [0, 0.05) is 38.1 Å². The Labute approximate surface area is 163 Å². The normalized spacial score (nSPS) is 28.5. The number of nitrogens with zero attached hydrogens (tertiary/aromatic N) is 2. The summed E-state index contributed by atoms with van der Waals surface area (Å²) in [7, 11) is 0. The number of hydrogen-bond acceptors (Lipinski definition) is 6. The molecule has 4 rings (SSSR count). The summed E-state index contributed by atoms with van der Waals surface area (Å²) in [6.45, 7) is 6.85. The summed E-state index contributed by atoms with van der Waals surface area (Å²) >= 11 is 0. The first-order valence-corrected chi connectivity index (χ1v) is 9.68. The Morgan fingerprint density at radius 1 is 1.07 bits per heavy atom. The van der Waals surface area contributed by atoms with Crippen LogP contribution in [0.2, 0.25) is 0 Å². The van der Waals surface area contributed by atoms with Gasteiger partial charge < -0.3 is 5.32 Å². The second kappa shape index (κ2) is 7.10. The first-order valence-electron chi connectivity index (χ1n) is 9.68. The highest BCUT2D eigenvalue weighted by atomic mass is 16.2. The van der Waals surface area contributed by atoms with E-state index in [0.717, 1.165) is 23.6 Å². The van der Waals surface area contributed by atoms with Gasteiger partial charge in [0.1, 0.15) is 6.04 Å². The van der Waals surface area contributed by atoms with Gasteiger partial charge in [-0.2, -0.15) is 0 Å². The molecule has 1 aromatic carbocycles. The van der Waals surface area contributed by atoms with Crippen molar-refractivity contribution >= 4 is 23.6 Å². The maximum atomic E-state index is 12.9. The topological polar surface area (TPSA) is 98.8 Å². The quantitative estimate of drug-likeness (QED) is 0.726. The Hall–Kier alpha value is -2.58. The highest BCUT2D eigenvalue weighted by Crippen LogP contribution is 2.29. The molecular weight excluding hydrogens is 360 g/mol. The molecular formula is C20H24N4O4. The molecule has 4 amide bonds. The van der Waals surface area contributed by atoms with Crippen molar-refractivity contribution < 1.29 is 19.2 Å². The van der Waals surface area contributed by atoms with Gasteiger partial charge in [0.05, 0.1) is 11.1 Å². The van der Waals surface area contributed by atoms with E-state index in [4.69, 9.17) is 0 Å². The van der Waals surface area contributed by atoms with Gasteiger partial charge in [0.2, 0.25) is 11.8 Å². The number of carbonyl (C=O) groups excluding carboxylic acids is 4. The molecule has 3 aliphatic rings. The number of imide groups is 2. The third-order valence-electron chi connectivity index (χ3n) is 6.05. The van der Waals surface area contributed by atoms with Crippen molar-refractivity contribution in [2.24, 2.45) is 0 Å². The Morgan fingerprint density at radius 2 is 1.82 bits per heavy atom. The number of piperidine rings is 1. The largest absolute Gasteiger partial charge is 0.311 e. The van der Waals surface area contributed by atoms with E-state index in [2.05, 4.69) is 29.4 Å². The Balaban J connectivity index is 1.56. The molecule has 0 aliphatic carbocycles. The molecule has 0 spiro atoms. The van der Waals surface area contributed by atoms with Crippen molar-refractivity contribution in [3.63, 3.8) is 0 Å². The SMILES string of the molecule is CC1NCCN(Cc2ccc3c(c2)C(=O)N(C2CCC(=O)NC2=O)C3=O)C1C. The fraction of sp³-hybridized carbons (Fsp3) is 0.500. The maximum Gasteiger partial charge on any atom is 0.262 e. The van der Waals surface area contributed by atoms with Gasteiger partial charge in [-0.1, -0.05) is 6.07 Å². The number of carbonyl (C=O) groups is 4. The van der Waals surface area contributed by atoms with E-state index < -0.39 is 23.8 Å². The molecule has 1 aromatic rings.